The normalized spacial score (nSPS) is 14.7. The molecule has 1 fully saturated rings. The summed E-state index contributed by atoms with van der Waals surface area (Å²) in [5, 5.41) is 3.73. The first-order valence-corrected chi connectivity index (χ1v) is 16.5. The zero-order valence-corrected chi connectivity index (χ0v) is 25.7. The highest BCUT2D eigenvalue weighted by Gasteiger charge is 2.52. The number of fused-ring (bicyclic) bond motifs is 1. The topological polar surface area (TPSA) is 45.3 Å². The van der Waals surface area contributed by atoms with E-state index in [2.05, 4.69) is 103 Å². The lowest BCUT2D eigenvalue weighted by atomic mass is 10.0. The van der Waals surface area contributed by atoms with E-state index < -0.39 is 14.1 Å². The smallest absolute Gasteiger partial charge is 0.261 e. The van der Waals surface area contributed by atoms with Crippen LogP contribution in [0.4, 0.5) is 4.39 Å². The number of hydrogen-bond acceptors (Lipinski definition) is 3. The molecule has 1 aliphatic rings. The minimum Gasteiger partial charge on any atom is -0.402 e. The molecule has 0 amide bonds. The molecule has 6 heteroatoms. The van der Waals surface area contributed by atoms with Crippen molar-refractivity contribution in [1.82, 2.24) is 9.88 Å². The van der Waals surface area contributed by atoms with Gasteiger partial charge in [0.2, 0.25) is 0 Å². The number of aromatic amines is 1. The highest BCUT2D eigenvalue weighted by atomic mass is 28.4. The Morgan fingerprint density at radius 2 is 1.45 bits per heavy atom. The second kappa shape index (κ2) is 11.1. The third kappa shape index (κ3) is 5.26. The Labute approximate surface area is 247 Å². The van der Waals surface area contributed by atoms with Gasteiger partial charge in [0, 0.05) is 25.3 Å². The number of hydrogen-bond donors (Lipinski definition) is 1. The van der Waals surface area contributed by atoms with Crippen LogP contribution in [0.15, 0.2) is 108 Å². The van der Waals surface area contributed by atoms with Gasteiger partial charge < -0.3 is 9.41 Å². The molecule has 1 saturated heterocycles. The Hall–Kier alpha value is -3.84. The molecule has 0 saturated carbocycles. The Morgan fingerprint density at radius 1 is 0.857 bits per heavy atom. The number of likely N-dealkylation sites (tertiary alicyclic amines) is 1. The van der Waals surface area contributed by atoms with Gasteiger partial charge in [0.05, 0.1) is 11.5 Å². The molecule has 214 valence electrons. The van der Waals surface area contributed by atoms with Crippen molar-refractivity contribution in [3.63, 3.8) is 0 Å². The number of H-pyrrole nitrogens is 1. The largest absolute Gasteiger partial charge is 0.402 e. The Bertz CT molecular complexity index is 1720. The van der Waals surface area contributed by atoms with Crippen LogP contribution >= 0.6 is 0 Å². The van der Waals surface area contributed by atoms with E-state index in [4.69, 9.17) is 4.43 Å². The molecule has 1 aromatic heterocycles. The van der Waals surface area contributed by atoms with Crippen LogP contribution in [0, 0.1) is 12.7 Å². The summed E-state index contributed by atoms with van der Waals surface area (Å²) in [7, 11) is -2.56. The van der Waals surface area contributed by atoms with Crippen molar-refractivity contribution in [2.45, 2.75) is 45.4 Å². The Morgan fingerprint density at radius 3 is 2.02 bits per heavy atom. The number of nitrogens with zero attached hydrogens (tertiary/aromatic N) is 1. The molecule has 6 rings (SSSR count). The fourth-order valence-electron chi connectivity index (χ4n) is 6.37. The third-order valence-corrected chi connectivity index (χ3v) is 13.6. The fourth-order valence-corrected chi connectivity index (χ4v) is 11.0. The molecule has 0 bridgehead atoms. The molecule has 4 aromatic carbocycles. The zero-order valence-electron chi connectivity index (χ0n) is 24.7. The summed E-state index contributed by atoms with van der Waals surface area (Å²) in [5.74, 6) is -0.396. The van der Waals surface area contributed by atoms with Crippen LogP contribution < -0.4 is 15.9 Å². The zero-order chi connectivity index (χ0) is 29.5. The van der Waals surface area contributed by atoms with E-state index >= 15 is 0 Å². The van der Waals surface area contributed by atoms with Crippen LogP contribution in [0.3, 0.4) is 0 Å². The van der Waals surface area contributed by atoms with Crippen LogP contribution in [-0.4, -0.2) is 37.4 Å². The Balaban J connectivity index is 1.17. The van der Waals surface area contributed by atoms with Gasteiger partial charge in [-0.3, -0.25) is 9.69 Å². The first kappa shape index (κ1) is 28.3. The van der Waals surface area contributed by atoms with Gasteiger partial charge in [0.1, 0.15) is 5.82 Å². The van der Waals surface area contributed by atoms with E-state index in [-0.39, 0.29) is 16.7 Å². The molecular formula is C36H37FN2O2Si. The maximum absolute atomic E-state index is 13.8. The van der Waals surface area contributed by atoms with Crippen molar-refractivity contribution in [2.75, 3.05) is 13.1 Å². The number of nitrogens with one attached hydrogen (secondary N) is 1. The molecule has 0 aliphatic carbocycles. The van der Waals surface area contributed by atoms with Crippen molar-refractivity contribution in [3.8, 4) is 11.3 Å². The van der Waals surface area contributed by atoms with Crippen molar-refractivity contribution in [3.05, 3.63) is 130 Å². The maximum atomic E-state index is 13.8. The monoisotopic (exact) mass is 576 g/mol. The van der Waals surface area contributed by atoms with Gasteiger partial charge in [-0.1, -0.05) is 106 Å². The highest BCUT2D eigenvalue weighted by Crippen LogP contribution is 2.38. The summed E-state index contributed by atoms with van der Waals surface area (Å²) in [6, 6.07) is 34.6. The van der Waals surface area contributed by atoms with Crippen LogP contribution in [0.1, 0.15) is 31.9 Å². The van der Waals surface area contributed by atoms with Gasteiger partial charge in [-0.2, -0.15) is 0 Å². The Kier molecular flexibility index (Phi) is 7.47. The van der Waals surface area contributed by atoms with Gasteiger partial charge in [0.15, 0.2) is 0 Å². The van der Waals surface area contributed by atoms with Crippen LogP contribution in [-0.2, 0) is 11.0 Å². The second-order valence-electron chi connectivity index (χ2n) is 12.5. The summed E-state index contributed by atoms with van der Waals surface area (Å²) < 4.78 is 21.1. The van der Waals surface area contributed by atoms with E-state index in [0.717, 1.165) is 41.8 Å². The van der Waals surface area contributed by atoms with Gasteiger partial charge in [-0.15, -0.1) is 0 Å². The van der Waals surface area contributed by atoms with Gasteiger partial charge in [-0.25, -0.2) is 4.39 Å². The van der Waals surface area contributed by atoms with Crippen molar-refractivity contribution < 1.29 is 8.82 Å². The van der Waals surface area contributed by atoms with Crippen LogP contribution in [0.5, 0.6) is 0 Å². The van der Waals surface area contributed by atoms with Crippen molar-refractivity contribution >= 4 is 29.5 Å². The summed E-state index contributed by atoms with van der Waals surface area (Å²) in [5.41, 5.74) is 3.35. The molecule has 1 N–H and O–H groups in total. The number of halogens is 1. The first-order chi connectivity index (χ1) is 20.1. The number of aromatic nitrogens is 1. The molecule has 5 aromatic rings. The average molecular weight is 577 g/mol. The van der Waals surface area contributed by atoms with E-state index in [0.29, 0.717) is 5.39 Å². The second-order valence-corrected chi connectivity index (χ2v) is 16.7. The SMILES string of the molecule is Cc1cc(F)cc2c(=O)[nH]c(-c3ccc(CN4CC(O[Si](c5ccccc5)(c5ccccc5)C(C)(C)C)C4)cc3)cc12. The maximum Gasteiger partial charge on any atom is 0.261 e. The first-order valence-electron chi connectivity index (χ1n) is 14.6. The van der Waals surface area contributed by atoms with Gasteiger partial charge in [0.25, 0.3) is 13.9 Å². The van der Waals surface area contributed by atoms with E-state index in [1.165, 1.54) is 28.1 Å². The minimum absolute atomic E-state index is 0.0393. The number of aryl methyl sites for hydroxylation is 1. The molecule has 0 unspecified atom stereocenters. The number of pyridine rings is 1. The molecule has 4 nitrogen and oxygen atoms in total. The quantitative estimate of drug-likeness (QED) is 0.228. The molecule has 2 heterocycles. The summed E-state index contributed by atoms with van der Waals surface area (Å²) in [6.07, 6.45) is 0.173. The molecule has 1 aliphatic heterocycles. The van der Waals surface area contributed by atoms with Gasteiger partial charge in [-0.05, 0) is 62.6 Å². The molecule has 0 radical (unpaired) electrons. The summed E-state index contributed by atoms with van der Waals surface area (Å²) in [4.78, 5) is 18.0. The lowest BCUT2D eigenvalue weighted by Crippen LogP contribution is -2.70. The number of benzene rings is 4. The molecule has 42 heavy (non-hydrogen) atoms. The summed E-state index contributed by atoms with van der Waals surface area (Å²) >= 11 is 0. The van der Waals surface area contributed by atoms with Crippen LogP contribution in [0.2, 0.25) is 5.04 Å². The molecular weight excluding hydrogens is 539 g/mol. The fraction of sp³-hybridized carbons (Fsp3) is 0.250. The highest BCUT2D eigenvalue weighted by molar-refractivity contribution is 6.99. The standard InChI is InChI=1S/C36H37FN2O2Si/c1-25-19-28(37)20-33-32(25)21-34(38-35(33)40)27-17-15-26(16-18-27)22-39-23-29(24-39)41-42(36(2,3)4,30-11-7-5-8-12-30)31-13-9-6-10-14-31/h5-21,29H,22-24H2,1-4H3,(H,38,40). The minimum atomic E-state index is -2.56. The molecule has 0 spiro atoms. The predicted molar refractivity (Wildman–Crippen MR) is 172 cm³/mol. The van der Waals surface area contributed by atoms with Crippen molar-refractivity contribution in [1.29, 1.82) is 0 Å². The average Bonchev–Trinajstić information content (AvgIpc) is 2.95. The van der Waals surface area contributed by atoms with Crippen molar-refractivity contribution in [2.24, 2.45) is 0 Å². The van der Waals surface area contributed by atoms with E-state index in [9.17, 15) is 9.18 Å². The predicted octanol–water partition coefficient (Wildman–Crippen LogP) is 6.40. The van der Waals surface area contributed by atoms with Gasteiger partial charge >= 0.3 is 0 Å². The lowest BCUT2D eigenvalue weighted by Gasteiger charge is -2.49. The molecule has 0 atom stereocenters. The van der Waals surface area contributed by atoms with Crippen LogP contribution in [0.25, 0.3) is 22.0 Å². The number of rotatable bonds is 7. The van der Waals surface area contributed by atoms with E-state index in [1.807, 2.05) is 25.1 Å². The van der Waals surface area contributed by atoms with E-state index in [1.54, 1.807) is 0 Å². The summed E-state index contributed by atoms with van der Waals surface area (Å²) in [6.45, 7) is 11.4. The lowest BCUT2D eigenvalue weighted by molar-refractivity contribution is 0.00810. The third-order valence-electron chi connectivity index (χ3n) is 8.49.